The zero-order valence-corrected chi connectivity index (χ0v) is 9.21. The lowest BCUT2D eigenvalue weighted by Gasteiger charge is -2.08. The van der Waals surface area contributed by atoms with E-state index < -0.39 is 5.97 Å². The predicted molar refractivity (Wildman–Crippen MR) is 60.8 cm³/mol. The first-order valence-corrected chi connectivity index (χ1v) is 4.76. The van der Waals surface area contributed by atoms with Crippen LogP contribution in [0.15, 0.2) is 24.3 Å². The number of methoxy groups -OCH3 is 1. The van der Waals surface area contributed by atoms with Crippen molar-refractivity contribution in [3.63, 3.8) is 0 Å². The molecule has 0 amide bonds. The van der Waals surface area contributed by atoms with Crippen molar-refractivity contribution in [1.29, 1.82) is 5.26 Å². The van der Waals surface area contributed by atoms with E-state index in [1.54, 1.807) is 18.2 Å². The summed E-state index contributed by atoms with van der Waals surface area (Å²) in [6.07, 6.45) is 2.46. The van der Waals surface area contributed by atoms with Gasteiger partial charge in [0.25, 0.3) is 0 Å². The molecule has 0 spiro atoms. The number of ether oxygens (including phenoxy) is 2. The number of carbonyl (C=O) groups is 1. The second kappa shape index (κ2) is 6.18. The Morgan fingerprint density at radius 1 is 1.53 bits per heavy atom. The SMILES string of the molecule is COc1ccc(/C=C/C(=O)O)cc1OCC#N. The Hall–Kier alpha value is -2.48. The Bertz CT molecular complexity index is 474. The molecule has 0 atom stereocenters. The number of hydrogen-bond acceptors (Lipinski definition) is 4. The molecule has 5 nitrogen and oxygen atoms in total. The van der Waals surface area contributed by atoms with Crippen LogP contribution in [-0.4, -0.2) is 24.8 Å². The first-order valence-electron chi connectivity index (χ1n) is 4.76. The Labute approximate surface area is 98.5 Å². The Morgan fingerprint density at radius 3 is 2.88 bits per heavy atom. The van der Waals surface area contributed by atoms with E-state index >= 15 is 0 Å². The normalized spacial score (nSPS) is 9.88. The molecule has 0 radical (unpaired) electrons. The smallest absolute Gasteiger partial charge is 0.328 e. The van der Waals surface area contributed by atoms with E-state index in [1.165, 1.54) is 13.2 Å². The third-order valence-corrected chi connectivity index (χ3v) is 1.90. The summed E-state index contributed by atoms with van der Waals surface area (Å²) < 4.78 is 10.2. The highest BCUT2D eigenvalue weighted by atomic mass is 16.5. The molecular weight excluding hydrogens is 222 g/mol. The van der Waals surface area contributed by atoms with Crippen molar-refractivity contribution in [2.24, 2.45) is 0 Å². The summed E-state index contributed by atoms with van der Waals surface area (Å²) in [5.41, 5.74) is 0.654. The number of nitrogens with zero attached hydrogens (tertiary/aromatic N) is 1. The topological polar surface area (TPSA) is 79.6 Å². The molecule has 1 rings (SSSR count). The Kier molecular flexibility index (Phi) is 4.58. The van der Waals surface area contributed by atoms with Gasteiger partial charge in [-0.05, 0) is 23.8 Å². The van der Waals surface area contributed by atoms with Crippen molar-refractivity contribution in [3.05, 3.63) is 29.8 Å². The molecule has 17 heavy (non-hydrogen) atoms. The predicted octanol–water partition coefficient (Wildman–Crippen LogP) is 1.70. The van der Waals surface area contributed by atoms with Crippen LogP contribution in [-0.2, 0) is 4.79 Å². The molecule has 5 heteroatoms. The summed E-state index contributed by atoms with van der Waals surface area (Å²) in [6.45, 7) is -0.0948. The van der Waals surface area contributed by atoms with Gasteiger partial charge in [0.05, 0.1) is 7.11 Å². The van der Waals surface area contributed by atoms with Gasteiger partial charge in [0, 0.05) is 6.08 Å². The van der Waals surface area contributed by atoms with Crippen LogP contribution in [0.4, 0.5) is 0 Å². The maximum Gasteiger partial charge on any atom is 0.328 e. The molecule has 1 aromatic rings. The molecule has 0 aliphatic heterocycles. The molecule has 0 aliphatic rings. The monoisotopic (exact) mass is 233 g/mol. The third-order valence-electron chi connectivity index (χ3n) is 1.90. The maximum absolute atomic E-state index is 10.4. The second-order valence-corrected chi connectivity index (χ2v) is 3.03. The molecule has 0 fully saturated rings. The third kappa shape index (κ3) is 3.87. The van der Waals surface area contributed by atoms with Crippen LogP contribution in [0.1, 0.15) is 5.56 Å². The largest absolute Gasteiger partial charge is 0.493 e. The van der Waals surface area contributed by atoms with Crippen LogP contribution < -0.4 is 9.47 Å². The molecule has 0 saturated heterocycles. The van der Waals surface area contributed by atoms with Crippen LogP contribution >= 0.6 is 0 Å². The lowest BCUT2D eigenvalue weighted by molar-refractivity contribution is -0.131. The van der Waals surface area contributed by atoms with E-state index in [4.69, 9.17) is 19.8 Å². The second-order valence-electron chi connectivity index (χ2n) is 3.03. The van der Waals surface area contributed by atoms with Gasteiger partial charge < -0.3 is 14.6 Å². The van der Waals surface area contributed by atoms with E-state index in [0.717, 1.165) is 6.08 Å². The minimum Gasteiger partial charge on any atom is -0.493 e. The van der Waals surface area contributed by atoms with Crippen molar-refractivity contribution >= 4 is 12.0 Å². The molecular formula is C12H11NO4. The molecule has 0 unspecified atom stereocenters. The highest BCUT2D eigenvalue weighted by Gasteiger charge is 2.04. The van der Waals surface area contributed by atoms with E-state index in [2.05, 4.69) is 0 Å². The van der Waals surface area contributed by atoms with Gasteiger partial charge in [-0.15, -0.1) is 0 Å². The van der Waals surface area contributed by atoms with Gasteiger partial charge in [0.1, 0.15) is 6.07 Å². The van der Waals surface area contributed by atoms with Gasteiger partial charge >= 0.3 is 5.97 Å². The molecule has 0 saturated carbocycles. The van der Waals surface area contributed by atoms with Crippen molar-refractivity contribution in [2.45, 2.75) is 0 Å². The Balaban J connectivity index is 2.96. The minimum atomic E-state index is -1.03. The van der Waals surface area contributed by atoms with Gasteiger partial charge in [0.15, 0.2) is 18.1 Å². The van der Waals surface area contributed by atoms with E-state index in [0.29, 0.717) is 17.1 Å². The van der Waals surface area contributed by atoms with Crippen LogP contribution in [0.25, 0.3) is 6.08 Å². The summed E-state index contributed by atoms with van der Waals surface area (Å²) in [5.74, 6) is -0.130. The highest BCUT2D eigenvalue weighted by Crippen LogP contribution is 2.28. The van der Waals surface area contributed by atoms with Crippen molar-refractivity contribution < 1.29 is 19.4 Å². The van der Waals surface area contributed by atoms with Crippen LogP contribution in [0.2, 0.25) is 0 Å². The molecule has 0 bridgehead atoms. The fraction of sp³-hybridized carbons (Fsp3) is 0.167. The zero-order chi connectivity index (χ0) is 12.7. The summed E-state index contributed by atoms with van der Waals surface area (Å²) in [5, 5.41) is 16.9. The van der Waals surface area contributed by atoms with Crippen LogP contribution in [0.5, 0.6) is 11.5 Å². The van der Waals surface area contributed by atoms with E-state index in [-0.39, 0.29) is 6.61 Å². The van der Waals surface area contributed by atoms with Crippen molar-refractivity contribution in [2.75, 3.05) is 13.7 Å². The van der Waals surface area contributed by atoms with E-state index in [9.17, 15) is 4.79 Å². The van der Waals surface area contributed by atoms with Gasteiger partial charge in [-0.25, -0.2) is 4.79 Å². The number of aliphatic carboxylic acids is 1. The van der Waals surface area contributed by atoms with E-state index in [1.807, 2.05) is 6.07 Å². The van der Waals surface area contributed by atoms with Crippen molar-refractivity contribution in [3.8, 4) is 17.6 Å². The number of benzene rings is 1. The highest BCUT2D eigenvalue weighted by molar-refractivity contribution is 5.85. The first-order chi connectivity index (χ1) is 8.17. The fourth-order valence-electron chi connectivity index (χ4n) is 1.19. The minimum absolute atomic E-state index is 0.0948. The first kappa shape index (κ1) is 12.6. The van der Waals surface area contributed by atoms with Gasteiger partial charge in [-0.2, -0.15) is 5.26 Å². The lowest BCUT2D eigenvalue weighted by Crippen LogP contribution is -1.97. The zero-order valence-electron chi connectivity index (χ0n) is 9.21. The molecule has 0 aromatic heterocycles. The fourth-order valence-corrected chi connectivity index (χ4v) is 1.19. The summed E-state index contributed by atoms with van der Waals surface area (Å²) in [7, 11) is 1.49. The summed E-state index contributed by atoms with van der Waals surface area (Å²) in [4.78, 5) is 10.4. The van der Waals surface area contributed by atoms with Crippen LogP contribution in [0, 0.1) is 11.3 Å². The molecule has 0 aliphatic carbocycles. The molecule has 1 aromatic carbocycles. The van der Waals surface area contributed by atoms with Gasteiger partial charge in [-0.1, -0.05) is 6.07 Å². The molecule has 88 valence electrons. The van der Waals surface area contributed by atoms with Crippen molar-refractivity contribution in [1.82, 2.24) is 0 Å². The lowest BCUT2D eigenvalue weighted by atomic mass is 10.2. The van der Waals surface area contributed by atoms with Gasteiger partial charge in [0.2, 0.25) is 0 Å². The van der Waals surface area contributed by atoms with Gasteiger partial charge in [-0.3, -0.25) is 0 Å². The number of nitriles is 1. The average Bonchev–Trinajstić information content (AvgIpc) is 2.33. The standard InChI is InChI=1S/C12H11NO4/c1-16-10-4-2-9(3-5-12(14)15)8-11(10)17-7-6-13/h2-5,8H,7H2,1H3,(H,14,15)/b5-3+. The average molecular weight is 233 g/mol. The number of carboxylic acid groups (broad SMARTS) is 1. The Morgan fingerprint density at radius 2 is 2.29 bits per heavy atom. The maximum atomic E-state index is 10.4. The van der Waals surface area contributed by atoms with Crippen LogP contribution in [0.3, 0.4) is 0 Å². The number of carboxylic acids is 1. The summed E-state index contributed by atoms with van der Waals surface area (Å²) >= 11 is 0. The summed E-state index contributed by atoms with van der Waals surface area (Å²) in [6, 6.07) is 6.79. The number of hydrogen-bond donors (Lipinski definition) is 1. The molecule has 1 N–H and O–H groups in total. The molecule has 0 heterocycles. The quantitative estimate of drug-likeness (QED) is 0.783. The number of rotatable bonds is 5.